The average Bonchev–Trinajstić information content (AvgIpc) is 3.29. The molecule has 0 fully saturated rings. The number of halogens is 4. The van der Waals surface area contributed by atoms with Crippen LogP contribution >= 0.6 is 11.6 Å². The van der Waals surface area contributed by atoms with Gasteiger partial charge in [0.25, 0.3) is 5.95 Å². The first-order valence-corrected chi connectivity index (χ1v) is 12.6. The molecule has 0 N–H and O–H groups in total. The van der Waals surface area contributed by atoms with Crippen molar-refractivity contribution in [3.8, 4) is 51.2 Å². The number of nitrogens with zero attached hydrogens (tertiary/aromatic N) is 4. The summed E-state index contributed by atoms with van der Waals surface area (Å²) in [6.07, 6.45) is -4.75. The second-order valence-electron chi connectivity index (χ2n) is 9.17. The molecule has 0 saturated carbocycles. The van der Waals surface area contributed by atoms with E-state index in [0.717, 1.165) is 17.2 Å². The van der Waals surface area contributed by atoms with Gasteiger partial charge in [0, 0.05) is 16.7 Å². The van der Waals surface area contributed by atoms with E-state index in [0.29, 0.717) is 39.6 Å². The maximum atomic E-state index is 14.1. The van der Waals surface area contributed by atoms with Crippen molar-refractivity contribution in [2.75, 3.05) is 14.2 Å². The number of benzene rings is 3. The molecular formula is C30H24ClF3N4O2. The first kappa shape index (κ1) is 27.2. The van der Waals surface area contributed by atoms with Crippen molar-refractivity contribution in [3.63, 3.8) is 0 Å². The van der Waals surface area contributed by atoms with E-state index in [1.54, 1.807) is 18.2 Å². The van der Waals surface area contributed by atoms with Gasteiger partial charge in [-0.05, 0) is 50.2 Å². The molecule has 5 aromatic rings. The molecular weight excluding hydrogens is 541 g/mol. The number of aromatic nitrogens is 4. The zero-order chi connectivity index (χ0) is 28.6. The van der Waals surface area contributed by atoms with Crippen molar-refractivity contribution in [3.05, 3.63) is 94.6 Å². The number of ether oxygens (including phenoxy) is 2. The molecule has 0 aliphatic heterocycles. The number of aryl methyl sites for hydroxylation is 2. The van der Waals surface area contributed by atoms with Crippen LogP contribution in [0.1, 0.15) is 16.8 Å². The number of hydrogen-bond acceptors (Lipinski definition) is 5. The Morgan fingerprint density at radius 2 is 1.40 bits per heavy atom. The Hall–Kier alpha value is -4.37. The Balaban J connectivity index is 1.80. The number of hydrogen-bond donors (Lipinski definition) is 0. The summed E-state index contributed by atoms with van der Waals surface area (Å²) >= 11 is 6.92. The van der Waals surface area contributed by atoms with Gasteiger partial charge in [-0.15, -0.1) is 0 Å². The number of alkyl halides is 3. The van der Waals surface area contributed by atoms with E-state index in [1.807, 2.05) is 62.4 Å². The van der Waals surface area contributed by atoms with Crippen LogP contribution in [0.3, 0.4) is 0 Å². The van der Waals surface area contributed by atoms with Crippen molar-refractivity contribution in [2.45, 2.75) is 20.0 Å². The molecule has 0 bridgehead atoms. The van der Waals surface area contributed by atoms with Crippen LogP contribution in [0.2, 0.25) is 5.02 Å². The Labute approximate surface area is 234 Å². The standard InChI is InChI=1S/C30H24ClF3N4O2/c1-17-7-5-9-20(13-17)27-26(31)28(21-10-6-8-18(2)14-21)38(37-27)29-35-22(16-25(36-29)30(32,33)34)19-11-12-23(39-3)24(15-19)40-4/h5-16H,1-4H3. The van der Waals surface area contributed by atoms with Gasteiger partial charge in [0.2, 0.25) is 0 Å². The Bertz CT molecular complexity index is 1720. The van der Waals surface area contributed by atoms with E-state index < -0.39 is 11.9 Å². The molecule has 0 saturated heterocycles. The summed E-state index contributed by atoms with van der Waals surface area (Å²) in [6, 6.07) is 20.6. The first-order chi connectivity index (χ1) is 19.1. The third-order valence-corrected chi connectivity index (χ3v) is 6.64. The predicted molar refractivity (Wildman–Crippen MR) is 148 cm³/mol. The minimum atomic E-state index is -4.75. The third-order valence-electron chi connectivity index (χ3n) is 6.28. The van der Waals surface area contributed by atoms with Crippen molar-refractivity contribution < 1.29 is 22.6 Å². The summed E-state index contributed by atoms with van der Waals surface area (Å²) in [7, 11) is 2.92. The van der Waals surface area contributed by atoms with Gasteiger partial charge in [0.15, 0.2) is 17.2 Å². The fraction of sp³-hybridized carbons (Fsp3) is 0.167. The second-order valence-corrected chi connectivity index (χ2v) is 9.55. The van der Waals surface area contributed by atoms with Gasteiger partial charge in [-0.25, -0.2) is 9.97 Å². The SMILES string of the molecule is COc1ccc(-c2cc(C(F)(F)F)nc(-n3nc(-c4cccc(C)c4)c(Cl)c3-c3cccc(C)c3)n2)cc1OC. The molecule has 3 aromatic carbocycles. The van der Waals surface area contributed by atoms with Crippen molar-refractivity contribution in [1.82, 2.24) is 19.7 Å². The van der Waals surface area contributed by atoms with Crippen LogP contribution in [-0.2, 0) is 6.18 Å². The van der Waals surface area contributed by atoms with E-state index >= 15 is 0 Å². The van der Waals surface area contributed by atoms with E-state index in [9.17, 15) is 13.2 Å². The molecule has 2 aromatic heterocycles. The van der Waals surface area contributed by atoms with E-state index in [-0.39, 0.29) is 16.7 Å². The van der Waals surface area contributed by atoms with Gasteiger partial charge < -0.3 is 9.47 Å². The highest BCUT2D eigenvalue weighted by atomic mass is 35.5. The molecule has 2 heterocycles. The minimum absolute atomic E-state index is 0.0252. The van der Waals surface area contributed by atoms with Crippen LogP contribution in [-0.4, -0.2) is 34.0 Å². The van der Waals surface area contributed by atoms with Crippen LogP contribution in [0.15, 0.2) is 72.8 Å². The molecule has 0 unspecified atom stereocenters. The minimum Gasteiger partial charge on any atom is -0.493 e. The van der Waals surface area contributed by atoms with Crippen LogP contribution in [0.5, 0.6) is 11.5 Å². The Kier molecular flexibility index (Phi) is 7.25. The van der Waals surface area contributed by atoms with Crippen molar-refractivity contribution in [2.24, 2.45) is 0 Å². The van der Waals surface area contributed by atoms with Crippen LogP contribution in [0, 0.1) is 13.8 Å². The molecule has 0 aliphatic carbocycles. The van der Waals surface area contributed by atoms with E-state index in [1.165, 1.54) is 18.9 Å². The van der Waals surface area contributed by atoms with E-state index in [2.05, 4.69) is 15.1 Å². The fourth-order valence-corrected chi connectivity index (χ4v) is 4.72. The van der Waals surface area contributed by atoms with Crippen molar-refractivity contribution in [1.29, 1.82) is 0 Å². The molecule has 5 rings (SSSR count). The van der Waals surface area contributed by atoms with Crippen LogP contribution < -0.4 is 9.47 Å². The monoisotopic (exact) mass is 564 g/mol. The lowest BCUT2D eigenvalue weighted by Crippen LogP contribution is -2.14. The highest BCUT2D eigenvalue weighted by molar-refractivity contribution is 6.35. The summed E-state index contributed by atoms with van der Waals surface area (Å²) in [6.45, 7) is 3.84. The highest BCUT2D eigenvalue weighted by Gasteiger charge is 2.35. The molecule has 0 radical (unpaired) electrons. The van der Waals surface area contributed by atoms with Gasteiger partial charge in [-0.3, -0.25) is 0 Å². The van der Waals surface area contributed by atoms with Gasteiger partial charge >= 0.3 is 6.18 Å². The molecule has 0 atom stereocenters. The largest absolute Gasteiger partial charge is 0.493 e. The maximum absolute atomic E-state index is 14.1. The molecule has 204 valence electrons. The lowest BCUT2D eigenvalue weighted by molar-refractivity contribution is -0.141. The Morgan fingerprint density at radius 1 is 0.750 bits per heavy atom. The zero-order valence-electron chi connectivity index (χ0n) is 22.0. The summed E-state index contributed by atoms with van der Waals surface area (Å²) in [5.74, 6) is 0.495. The fourth-order valence-electron chi connectivity index (χ4n) is 4.38. The predicted octanol–water partition coefficient (Wildman–Crippen LogP) is 7.97. The van der Waals surface area contributed by atoms with Crippen LogP contribution in [0.4, 0.5) is 13.2 Å². The van der Waals surface area contributed by atoms with E-state index in [4.69, 9.17) is 21.1 Å². The topological polar surface area (TPSA) is 62.1 Å². The molecule has 0 spiro atoms. The highest BCUT2D eigenvalue weighted by Crippen LogP contribution is 2.40. The Morgan fingerprint density at radius 3 is 2.02 bits per heavy atom. The van der Waals surface area contributed by atoms with Gasteiger partial charge in [-0.1, -0.05) is 59.1 Å². The zero-order valence-corrected chi connectivity index (χ0v) is 22.8. The normalized spacial score (nSPS) is 11.5. The summed E-state index contributed by atoms with van der Waals surface area (Å²) in [5.41, 5.74) is 3.34. The molecule has 40 heavy (non-hydrogen) atoms. The summed E-state index contributed by atoms with van der Waals surface area (Å²) in [4.78, 5) is 8.43. The first-order valence-electron chi connectivity index (χ1n) is 12.2. The smallest absolute Gasteiger partial charge is 0.433 e. The molecule has 0 amide bonds. The molecule has 6 nitrogen and oxygen atoms in total. The van der Waals surface area contributed by atoms with Gasteiger partial charge in [0.05, 0.1) is 30.6 Å². The molecule has 10 heteroatoms. The van der Waals surface area contributed by atoms with Gasteiger partial charge in [0.1, 0.15) is 5.69 Å². The lowest BCUT2D eigenvalue weighted by atomic mass is 10.1. The number of methoxy groups -OCH3 is 2. The average molecular weight is 565 g/mol. The summed E-state index contributed by atoms with van der Waals surface area (Å²) < 4.78 is 54.3. The molecule has 0 aliphatic rings. The van der Waals surface area contributed by atoms with Crippen molar-refractivity contribution >= 4 is 11.6 Å². The number of rotatable bonds is 6. The quantitative estimate of drug-likeness (QED) is 0.209. The second kappa shape index (κ2) is 10.7. The van der Waals surface area contributed by atoms with Gasteiger partial charge in [-0.2, -0.15) is 23.0 Å². The maximum Gasteiger partial charge on any atom is 0.433 e. The van der Waals surface area contributed by atoms with Crippen LogP contribution in [0.25, 0.3) is 39.7 Å². The summed E-state index contributed by atoms with van der Waals surface area (Å²) in [5, 5.41) is 4.93. The third kappa shape index (κ3) is 5.24. The lowest BCUT2D eigenvalue weighted by Gasteiger charge is -2.14.